The van der Waals surface area contributed by atoms with E-state index < -0.39 is 0 Å². The zero-order valence-corrected chi connectivity index (χ0v) is 10.7. The van der Waals surface area contributed by atoms with E-state index in [1.807, 2.05) is 12.1 Å². The molecule has 0 aliphatic heterocycles. The molecule has 0 aliphatic carbocycles. The second kappa shape index (κ2) is 8.07. The van der Waals surface area contributed by atoms with Crippen LogP contribution in [0.25, 0.3) is 0 Å². The minimum atomic E-state index is -0.173. The Labute approximate surface area is 104 Å². The van der Waals surface area contributed by atoms with Crippen LogP contribution in [0.15, 0.2) is 24.3 Å². The summed E-state index contributed by atoms with van der Waals surface area (Å²) in [5.41, 5.74) is 6.56. The quantitative estimate of drug-likeness (QED) is 0.705. The van der Waals surface area contributed by atoms with Crippen LogP contribution < -0.4 is 10.6 Å². The van der Waals surface area contributed by atoms with E-state index in [1.54, 1.807) is 0 Å². The summed E-state index contributed by atoms with van der Waals surface area (Å²) in [5, 5.41) is 0. The van der Waals surface area contributed by atoms with Crippen LogP contribution in [0.2, 0.25) is 0 Å². The molecule has 0 fully saturated rings. The Kier molecular flexibility index (Phi) is 6.63. The molecule has 1 rings (SSSR count). The Bertz CT molecular complexity index is 298. The van der Waals surface area contributed by atoms with E-state index in [9.17, 15) is 4.39 Å². The number of benzene rings is 1. The van der Waals surface area contributed by atoms with Crippen LogP contribution in [0.1, 0.15) is 32.6 Å². The van der Waals surface area contributed by atoms with Crippen molar-refractivity contribution < 1.29 is 4.39 Å². The van der Waals surface area contributed by atoms with E-state index in [0.717, 1.165) is 31.7 Å². The van der Waals surface area contributed by atoms with Gasteiger partial charge in [-0.2, -0.15) is 0 Å². The van der Waals surface area contributed by atoms with Crippen LogP contribution in [0, 0.1) is 5.82 Å². The molecule has 2 nitrogen and oxygen atoms in total. The summed E-state index contributed by atoms with van der Waals surface area (Å²) in [6.45, 7) is 4.91. The lowest BCUT2D eigenvalue weighted by Gasteiger charge is -2.23. The molecule has 0 spiro atoms. The first kappa shape index (κ1) is 14.0. The average Bonchev–Trinajstić information content (AvgIpc) is 2.35. The minimum Gasteiger partial charge on any atom is -0.372 e. The van der Waals surface area contributed by atoms with Crippen molar-refractivity contribution in [2.45, 2.75) is 32.6 Å². The monoisotopic (exact) mass is 238 g/mol. The van der Waals surface area contributed by atoms with Gasteiger partial charge >= 0.3 is 0 Å². The van der Waals surface area contributed by atoms with Crippen molar-refractivity contribution in [3.05, 3.63) is 30.1 Å². The lowest BCUT2D eigenvalue weighted by Crippen LogP contribution is -2.23. The highest BCUT2D eigenvalue weighted by molar-refractivity contribution is 5.45. The number of hydrogen-bond acceptors (Lipinski definition) is 2. The van der Waals surface area contributed by atoms with Crippen LogP contribution in [0.4, 0.5) is 10.1 Å². The van der Waals surface area contributed by atoms with Crippen molar-refractivity contribution in [3.63, 3.8) is 0 Å². The Morgan fingerprint density at radius 3 is 2.29 bits per heavy atom. The molecule has 2 N–H and O–H groups in total. The maximum Gasteiger partial charge on any atom is 0.123 e. The largest absolute Gasteiger partial charge is 0.372 e. The van der Waals surface area contributed by atoms with Gasteiger partial charge in [0.15, 0.2) is 0 Å². The van der Waals surface area contributed by atoms with E-state index >= 15 is 0 Å². The Balaban J connectivity index is 2.35. The lowest BCUT2D eigenvalue weighted by atomic mass is 10.2. The fourth-order valence-electron chi connectivity index (χ4n) is 1.92. The van der Waals surface area contributed by atoms with E-state index in [0.29, 0.717) is 0 Å². The summed E-state index contributed by atoms with van der Waals surface area (Å²) in [4.78, 5) is 2.28. The number of unbranched alkanes of at least 4 members (excludes halogenated alkanes) is 3. The normalized spacial score (nSPS) is 10.5. The van der Waals surface area contributed by atoms with Crippen molar-refractivity contribution in [2.75, 3.05) is 24.5 Å². The predicted molar refractivity (Wildman–Crippen MR) is 71.8 cm³/mol. The van der Waals surface area contributed by atoms with E-state index in [2.05, 4.69) is 11.8 Å². The number of nitrogens with zero attached hydrogens (tertiary/aromatic N) is 1. The molecule has 0 saturated heterocycles. The summed E-state index contributed by atoms with van der Waals surface area (Å²) < 4.78 is 12.8. The molecule has 0 saturated carbocycles. The first-order valence-corrected chi connectivity index (χ1v) is 6.48. The molecule has 0 unspecified atom stereocenters. The van der Waals surface area contributed by atoms with E-state index in [1.165, 1.54) is 31.4 Å². The average molecular weight is 238 g/mol. The topological polar surface area (TPSA) is 29.3 Å². The number of rotatable bonds is 8. The van der Waals surface area contributed by atoms with Gasteiger partial charge in [-0.25, -0.2) is 4.39 Å². The third-order valence-electron chi connectivity index (χ3n) is 2.96. The smallest absolute Gasteiger partial charge is 0.123 e. The highest BCUT2D eigenvalue weighted by atomic mass is 19.1. The van der Waals surface area contributed by atoms with Crippen LogP contribution in [0.5, 0.6) is 0 Å². The van der Waals surface area contributed by atoms with Crippen LogP contribution >= 0.6 is 0 Å². The third-order valence-corrected chi connectivity index (χ3v) is 2.96. The number of hydrogen-bond donors (Lipinski definition) is 1. The summed E-state index contributed by atoms with van der Waals surface area (Å²) in [6, 6.07) is 6.73. The van der Waals surface area contributed by atoms with Gasteiger partial charge in [0.05, 0.1) is 0 Å². The molecule has 0 bridgehead atoms. The van der Waals surface area contributed by atoms with Gasteiger partial charge in [0.25, 0.3) is 0 Å². The number of nitrogens with two attached hydrogens (primary N) is 1. The second-order valence-corrected chi connectivity index (χ2v) is 4.26. The molecule has 0 radical (unpaired) electrons. The molecule has 0 aromatic heterocycles. The molecular weight excluding hydrogens is 215 g/mol. The second-order valence-electron chi connectivity index (χ2n) is 4.26. The zero-order valence-electron chi connectivity index (χ0n) is 10.7. The summed E-state index contributed by atoms with van der Waals surface area (Å²) in [6.07, 6.45) is 4.71. The van der Waals surface area contributed by atoms with Crippen molar-refractivity contribution >= 4 is 5.69 Å². The van der Waals surface area contributed by atoms with Crippen molar-refractivity contribution in [3.8, 4) is 0 Å². The van der Waals surface area contributed by atoms with Gasteiger partial charge in [0.2, 0.25) is 0 Å². The minimum absolute atomic E-state index is 0.173. The number of halogens is 1. The van der Waals surface area contributed by atoms with Gasteiger partial charge in [0.1, 0.15) is 5.82 Å². The predicted octanol–water partition coefficient (Wildman–Crippen LogP) is 3.17. The molecule has 1 aromatic carbocycles. The zero-order chi connectivity index (χ0) is 12.5. The van der Waals surface area contributed by atoms with Crippen LogP contribution in [-0.2, 0) is 0 Å². The van der Waals surface area contributed by atoms with E-state index in [-0.39, 0.29) is 5.82 Å². The third kappa shape index (κ3) is 5.18. The van der Waals surface area contributed by atoms with Crippen molar-refractivity contribution in [2.24, 2.45) is 5.73 Å². The first-order chi connectivity index (χ1) is 8.27. The molecule has 3 heteroatoms. The van der Waals surface area contributed by atoms with Crippen molar-refractivity contribution in [1.82, 2.24) is 0 Å². The highest BCUT2D eigenvalue weighted by Crippen LogP contribution is 2.15. The Morgan fingerprint density at radius 2 is 1.71 bits per heavy atom. The maximum atomic E-state index is 12.8. The molecule has 0 aliphatic rings. The molecule has 96 valence electrons. The Hall–Kier alpha value is -1.09. The molecular formula is C14H23FN2. The van der Waals surface area contributed by atoms with Crippen molar-refractivity contribution in [1.29, 1.82) is 0 Å². The standard InChI is InChI=1S/C14H23FN2/c1-2-17(12-6-4-3-5-11-16)14-9-7-13(15)8-10-14/h7-10H,2-6,11-12,16H2,1H3. The molecule has 17 heavy (non-hydrogen) atoms. The summed E-state index contributed by atoms with van der Waals surface area (Å²) in [7, 11) is 0. The van der Waals surface area contributed by atoms with Crippen LogP contribution in [0.3, 0.4) is 0 Å². The van der Waals surface area contributed by atoms with Gasteiger partial charge in [-0.05, 0) is 50.6 Å². The molecule has 0 atom stereocenters. The number of anilines is 1. The van der Waals surface area contributed by atoms with Crippen LogP contribution in [-0.4, -0.2) is 19.6 Å². The van der Waals surface area contributed by atoms with Gasteiger partial charge in [-0.3, -0.25) is 0 Å². The highest BCUT2D eigenvalue weighted by Gasteiger charge is 2.03. The maximum absolute atomic E-state index is 12.8. The fourth-order valence-corrected chi connectivity index (χ4v) is 1.92. The molecule has 0 amide bonds. The van der Waals surface area contributed by atoms with Gasteiger partial charge < -0.3 is 10.6 Å². The summed E-state index contributed by atoms with van der Waals surface area (Å²) >= 11 is 0. The molecule has 1 aromatic rings. The Morgan fingerprint density at radius 1 is 1.06 bits per heavy atom. The van der Waals surface area contributed by atoms with Gasteiger partial charge in [-0.15, -0.1) is 0 Å². The SMILES string of the molecule is CCN(CCCCCCN)c1ccc(F)cc1. The van der Waals surface area contributed by atoms with Gasteiger partial charge in [0, 0.05) is 18.8 Å². The summed E-state index contributed by atoms with van der Waals surface area (Å²) in [5.74, 6) is -0.173. The molecule has 0 heterocycles. The first-order valence-electron chi connectivity index (χ1n) is 6.48. The van der Waals surface area contributed by atoms with Gasteiger partial charge in [-0.1, -0.05) is 12.8 Å². The fraction of sp³-hybridized carbons (Fsp3) is 0.571. The lowest BCUT2D eigenvalue weighted by molar-refractivity contribution is 0.624. The van der Waals surface area contributed by atoms with E-state index in [4.69, 9.17) is 5.73 Å².